The van der Waals surface area contributed by atoms with Crippen molar-refractivity contribution in [3.63, 3.8) is 0 Å². The standard InChI is InChI=1S/CH5N3.CH4/c2-1-4-3;/h1H,3H2,(H2,2,4);1H4. The van der Waals surface area contributed by atoms with Gasteiger partial charge in [-0.3, -0.25) is 0 Å². The van der Waals surface area contributed by atoms with Crippen LogP contribution in [0.5, 0.6) is 0 Å². The smallest absolute Gasteiger partial charge is 0.105 e. The Morgan fingerprint density at radius 1 is 1.60 bits per heavy atom. The summed E-state index contributed by atoms with van der Waals surface area (Å²) in [5, 5.41) is 2.89. The second-order valence-electron chi connectivity index (χ2n) is 0.298. The Bertz CT molecular complexity index is 20.1. The number of hydrogen-bond acceptors (Lipinski definition) is 2. The van der Waals surface area contributed by atoms with Gasteiger partial charge in [0.25, 0.3) is 0 Å². The van der Waals surface area contributed by atoms with E-state index in [1.165, 1.54) is 0 Å². The molecule has 0 aromatic rings. The number of rotatable bonds is 0. The van der Waals surface area contributed by atoms with Crippen LogP contribution in [-0.2, 0) is 0 Å². The van der Waals surface area contributed by atoms with E-state index in [0.29, 0.717) is 0 Å². The van der Waals surface area contributed by atoms with Crippen molar-refractivity contribution >= 4 is 6.34 Å². The van der Waals surface area contributed by atoms with Gasteiger partial charge in [0.1, 0.15) is 6.34 Å². The molecule has 0 aromatic carbocycles. The second kappa shape index (κ2) is 10.4. The topological polar surface area (TPSA) is 64.4 Å². The molecular formula is C2H9N3. The van der Waals surface area contributed by atoms with E-state index < -0.39 is 0 Å². The van der Waals surface area contributed by atoms with Gasteiger partial charge in [0, 0.05) is 0 Å². The quantitative estimate of drug-likeness (QED) is 0.176. The molecular weight excluding hydrogens is 66.0 g/mol. The molecule has 0 aliphatic carbocycles. The molecule has 4 N–H and O–H groups in total. The van der Waals surface area contributed by atoms with Crippen LogP contribution in [-0.4, -0.2) is 6.34 Å². The average molecular weight is 75.1 g/mol. The largest absolute Gasteiger partial charge is 0.388 e. The fourth-order valence-electron chi connectivity index (χ4n) is 0. The monoisotopic (exact) mass is 75.1 g/mol. The molecule has 0 aromatic heterocycles. The Balaban J connectivity index is 0. The molecule has 0 saturated carbocycles. The van der Waals surface area contributed by atoms with E-state index in [0.717, 1.165) is 6.34 Å². The summed E-state index contributed by atoms with van der Waals surface area (Å²) in [5.41, 5.74) is 4.61. The van der Waals surface area contributed by atoms with Crippen molar-refractivity contribution in [3.05, 3.63) is 0 Å². The van der Waals surface area contributed by atoms with Gasteiger partial charge in [0.15, 0.2) is 0 Å². The van der Waals surface area contributed by atoms with E-state index in [-0.39, 0.29) is 7.43 Å². The SMILES string of the molecule is C.N/C=N\N. The lowest BCUT2D eigenvalue weighted by Gasteiger charge is -1.57. The zero-order chi connectivity index (χ0) is 3.41. The number of nitrogens with zero attached hydrogens (tertiary/aromatic N) is 1. The number of nitrogens with two attached hydrogens (primary N) is 2. The van der Waals surface area contributed by atoms with Crippen LogP contribution in [0.1, 0.15) is 7.43 Å². The zero-order valence-electron chi connectivity index (χ0n) is 2.18. The van der Waals surface area contributed by atoms with Crippen molar-refractivity contribution in [1.29, 1.82) is 0 Å². The minimum absolute atomic E-state index is 0. The van der Waals surface area contributed by atoms with Crippen molar-refractivity contribution in [1.82, 2.24) is 0 Å². The highest BCUT2D eigenvalue weighted by Gasteiger charge is 1.29. The van der Waals surface area contributed by atoms with Gasteiger partial charge in [-0.1, -0.05) is 7.43 Å². The third kappa shape index (κ3) is 72.3. The van der Waals surface area contributed by atoms with Gasteiger partial charge in [-0.15, -0.1) is 0 Å². The summed E-state index contributed by atoms with van der Waals surface area (Å²) in [6.07, 6.45) is 1.03. The Kier molecular flexibility index (Phi) is 18.5. The van der Waals surface area contributed by atoms with Crippen LogP contribution < -0.4 is 11.6 Å². The second-order valence-corrected chi connectivity index (χ2v) is 0.298. The summed E-state index contributed by atoms with van der Waals surface area (Å²) in [7, 11) is 0. The molecule has 0 aliphatic heterocycles. The van der Waals surface area contributed by atoms with Crippen LogP contribution in [0.4, 0.5) is 0 Å². The molecule has 3 nitrogen and oxygen atoms in total. The van der Waals surface area contributed by atoms with Crippen LogP contribution in [0.2, 0.25) is 0 Å². The lowest BCUT2D eigenvalue weighted by atomic mass is 11.4. The van der Waals surface area contributed by atoms with Crippen molar-refractivity contribution in [2.24, 2.45) is 16.7 Å². The summed E-state index contributed by atoms with van der Waals surface area (Å²) in [6.45, 7) is 0. The Morgan fingerprint density at radius 3 is 1.80 bits per heavy atom. The van der Waals surface area contributed by atoms with Gasteiger partial charge in [0.05, 0.1) is 0 Å². The summed E-state index contributed by atoms with van der Waals surface area (Å²) in [5.74, 6) is 4.47. The average Bonchev–Trinajstić information content (AvgIpc) is 1.37. The van der Waals surface area contributed by atoms with E-state index in [9.17, 15) is 0 Å². The zero-order valence-corrected chi connectivity index (χ0v) is 2.18. The van der Waals surface area contributed by atoms with Gasteiger partial charge in [-0.2, -0.15) is 5.10 Å². The minimum atomic E-state index is 0. The predicted octanol–water partition coefficient (Wildman–Crippen LogP) is -0.517. The predicted molar refractivity (Wildman–Crippen MR) is 23.6 cm³/mol. The summed E-state index contributed by atoms with van der Waals surface area (Å²) < 4.78 is 0. The van der Waals surface area contributed by atoms with E-state index in [2.05, 4.69) is 16.7 Å². The first-order valence-electron chi connectivity index (χ1n) is 0.850. The molecule has 0 saturated heterocycles. The van der Waals surface area contributed by atoms with Crippen LogP contribution >= 0.6 is 0 Å². The highest BCUT2D eigenvalue weighted by atomic mass is 15.1. The summed E-state index contributed by atoms with van der Waals surface area (Å²) >= 11 is 0. The third-order valence-corrected chi connectivity index (χ3v) is 0.0861. The van der Waals surface area contributed by atoms with Crippen molar-refractivity contribution in [2.45, 2.75) is 7.43 Å². The van der Waals surface area contributed by atoms with Gasteiger partial charge >= 0.3 is 0 Å². The molecule has 0 aliphatic rings. The first kappa shape index (κ1) is 8.86. The molecule has 0 heterocycles. The molecule has 0 fully saturated rings. The van der Waals surface area contributed by atoms with Crippen LogP contribution in [0.15, 0.2) is 5.10 Å². The van der Waals surface area contributed by atoms with E-state index >= 15 is 0 Å². The van der Waals surface area contributed by atoms with Gasteiger partial charge in [-0.05, 0) is 0 Å². The molecule has 5 heavy (non-hydrogen) atoms. The number of hydrogen-bond donors (Lipinski definition) is 2. The van der Waals surface area contributed by atoms with Crippen molar-refractivity contribution in [3.8, 4) is 0 Å². The van der Waals surface area contributed by atoms with Crippen molar-refractivity contribution in [2.75, 3.05) is 0 Å². The lowest BCUT2D eigenvalue weighted by molar-refractivity contribution is 1.25. The summed E-state index contributed by atoms with van der Waals surface area (Å²) in [6, 6.07) is 0. The molecule has 0 spiro atoms. The number of hydrazone groups is 1. The molecule has 0 atom stereocenters. The maximum Gasteiger partial charge on any atom is 0.105 e. The maximum absolute atomic E-state index is 4.61. The normalized spacial score (nSPS) is 7.20. The van der Waals surface area contributed by atoms with Gasteiger partial charge < -0.3 is 11.6 Å². The highest BCUT2D eigenvalue weighted by molar-refractivity contribution is 5.50. The minimum Gasteiger partial charge on any atom is -0.388 e. The fourth-order valence-corrected chi connectivity index (χ4v) is 0. The molecule has 0 unspecified atom stereocenters. The highest BCUT2D eigenvalue weighted by Crippen LogP contribution is 1.16. The fraction of sp³-hybridized carbons (Fsp3) is 0.500. The molecule has 0 bridgehead atoms. The summed E-state index contributed by atoms with van der Waals surface area (Å²) in [4.78, 5) is 0. The lowest BCUT2D eigenvalue weighted by Crippen LogP contribution is -1.91. The van der Waals surface area contributed by atoms with Crippen LogP contribution in [0.25, 0.3) is 0 Å². The molecule has 0 radical (unpaired) electrons. The van der Waals surface area contributed by atoms with Crippen LogP contribution in [0.3, 0.4) is 0 Å². The first-order valence-corrected chi connectivity index (χ1v) is 0.850. The van der Waals surface area contributed by atoms with Gasteiger partial charge in [0.2, 0.25) is 0 Å². The molecule has 3 heteroatoms. The third-order valence-electron chi connectivity index (χ3n) is 0.0861. The van der Waals surface area contributed by atoms with Gasteiger partial charge in [-0.25, -0.2) is 0 Å². The molecule has 0 rings (SSSR count). The van der Waals surface area contributed by atoms with Crippen LogP contribution in [0, 0.1) is 0 Å². The Labute approximate surface area is 31.7 Å². The maximum atomic E-state index is 4.61. The molecule has 0 amide bonds. The first-order chi connectivity index (χ1) is 1.91. The molecule has 32 valence electrons. The van der Waals surface area contributed by atoms with E-state index in [4.69, 9.17) is 0 Å². The van der Waals surface area contributed by atoms with E-state index in [1.807, 2.05) is 0 Å². The van der Waals surface area contributed by atoms with Crippen molar-refractivity contribution < 1.29 is 0 Å². The Hall–Kier alpha value is -0.730. The Morgan fingerprint density at radius 2 is 1.80 bits per heavy atom. The van der Waals surface area contributed by atoms with E-state index in [1.54, 1.807) is 0 Å².